The van der Waals surface area contributed by atoms with Crippen molar-refractivity contribution in [1.82, 2.24) is 10.2 Å². The fourth-order valence-corrected chi connectivity index (χ4v) is 3.77. The summed E-state index contributed by atoms with van der Waals surface area (Å²) in [5.41, 5.74) is 2.97. The standard InChI is InChI=1S/C27H34N4O4/c1-17-11-8-9-14-21(17)30-24(32)23(22-18(2)12-10-13-19(22)3)31(16-15-28)25(33)20(4)29-26(34)35-27(5,6)7/h8-14,20,23H,16H2,1-7H3,(H,29,34)(H,30,32). The first-order chi connectivity index (χ1) is 16.4. The van der Waals surface area contributed by atoms with Crippen LogP contribution in [0.1, 0.15) is 56.0 Å². The highest BCUT2D eigenvalue weighted by atomic mass is 16.6. The van der Waals surface area contributed by atoms with Gasteiger partial charge >= 0.3 is 6.09 Å². The summed E-state index contributed by atoms with van der Waals surface area (Å²) in [6, 6.07) is 12.8. The molecule has 0 heterocycles. The normalized spacial score (nSPS) is 12.6. The Balaban J connectivity index is 2.49. The molecule has 186 valence electrons. The number of amides is 3. The molecule has 2 aromatic carbocycles. The van der Waals surface area contributed by atoms with Gasteiger partial charge in [0.05, 0.1) is 6.07 Å². The van der Waals surface area contributed by atoms with Crippen LogP contribution in [0.15, 0.2) is 42.5 Å². The molecule has 0 saturated carbocycles. The van der Waals surface area contributed by atoms with Crippen LogP contribution in [-0.4, -0.2) is 41.0 Å². The number of hydrogen-bond donors (Lipinski definition) is 2. The quantitative estimate of drug-likeness (QED) is 0.567. The van der Waals surface area contributed by atoms with Gasteiger partial charge < -0.3 is 20.3 Å². The summed E-state index contributed by atoms with van der Waals surface area (Å²) in [7, 11) is 0. The van der Waals surface area contributed by atoms with Gasteiger partial charge in [-0.15, -0.1) is 0 Å². The lowest BCUT2D eigenvalue weighted by Gasteiger charge is -2.33. The molecule has 0 aromatic heterocycles. The maximum atomic E-state index is 13.7. The molecule has 0 spiro atoms. The van der Waals surface area contributed by atoms with Gasteiger partial charge in [0, 0.05) is 5.69 Å². The van der Waals surface area contributed by atoms with Gasteiger partial charge in [0.1, 0.15) is 24.2 Å². The summed E-state index contributed by atoms with van der Waals surface area (Å²) >= 11 is 0. The molecule has 0 aliphatic carbocycles. The Labute approximate surface area is 207 Å². The Kier molecular flexibility index (Phi) is 9.01. The number of nitriles is 1. The van der Waals surface area contributed by atoms with Gasteiger partial charge in [-0.1, -0.05) is 36.4 Å². The van der Waals surface area contributed by atoms with Crippen LogP contribution in [0.25, 0.3) is 0 Å². The highest BCUT2D eigenvalue weighted by Gasteiger charge is 2.36. The van der Waals surface area contributed by atoms with Crippen LogP contribution in [0.3, 0.4) is 0 Å². The Morgan fingerprint density at radius 1 is 1.00 bits per heavy atom. The zero-order valence-electron chi connectivity index (χ0n) is 21.4. The molecule has 35 heavy (non-hydrogen) atoms. The van der Waals surface area contributed by atoms with Crippen LogP contribution < -0.4 is 10.6 Å². The lowest BCUT2D eigenvalue weighted by molar-refractivity contribution is -0.139. The monoisotopic (exact) mass is 478 g/mol. The van der Waals surface area contributed by atoms with Gasteiger partial charge in [0.2, 0.25) is 5.91 Å². The molecule has 8 nitrogen and oxygen atoms in total. The van der Waals surface area contributed by atoms with E-state index in [1.807, 2.05) is 63.2 Å². The summed E-state index contributed by atoms with van der Waals surface area (Å²) in [4.78, 5) is 40.7. The molecule has 2 atom stereocenters. The van der Waals surface area contributed by atoms with E-state index in [9.17, 15) is 19.6 Å². The largest absolute Gasteiger partial charge is 0.444 e. The lowest BCUT2D eigenvalue weighted by Crippen LogP contribution is -2.51. The van der Waals surface area contributed by atoms with Crippen LogP contribution in [0, 0.1) is 32.1 Å². The number of anilines is 1. The third-order valence-electron chi connectivity index (χ3n) is 5.41. The number of nitrogens with zero attached hydrogens (tertiary/aromatic N) is 2. The molecule has 2 rings (SSSR count). The van der Waals surface area contributed by atoms with Gasteiger partial charge in [-0.05, 0) is 76.8 Å². The highest BCUT2D eigenvalue weighted by molar-refractivity contribution is 5.99. The number of benzene rings is 2. The second-order valence-corrected chi connectivity index (χ2v) is 9.50. The zero-order chi connectivity index (χ0) is 26.3. The molecular formula is C27H34N4O4. The summed E-state index contributed by atoms with van der Waals surface area (Å²) in [5.74, 6) is -1.03. The van der Waals surface area contributed by atoms with Crippen molar-refractivity contribution in [1.29, 1.82) is 5.26 Å². The minimum absolute atomic E-state index is 0.348. The van der Waals surface area contributed by atoms with E-state index < -0.39 is 35.6 Å². The third-order valence-corrected chi connectivity index (χ3v) is 5.41. The van der Waals surface area contributed by atoms with Gasteiger partial charge in [-0.3, -0.25) is 9.59 Å². The molecular weight excluding hydrogens is 444 g/mol. The molecule has 0 fully saturated rings. The Morgan fingerprint density at radius 3 is 2.11 bits per heavy atom. The van der Waals surface area contributed by atoms with Crippen LogP contribution in [-0.2, 0) is 14.3 Å². The minimum atomic E-state index is -1.09. The minimum Gasteiger partial charge on any atom is -0.444 e. The van der Waals surface area contributed by atoms with E-state index in [1.54, 1.807) is 26.8 Å². The van der Waals surface area contributed by atoms with Crippen molar-refractivity contribution >= 4 is 23.6 Å². The number of para-hydroxylation sites is 1. The van der Waals surface area contributed by atoms with Crippen molar-refractivity contribution in [3.05, 3.63) is 64.7 Å². The van der Waals surface area contributed by atoms with Crippen molar-refractivity contribution in [3.8, 4) is 6.07 Å². The molecule has 2 aromatic rings. The fourth-order valence-electron chi connectivity index (χ4n) is 3.77. The Bertz CT molecular complexity index is 1110. The second-order valence-electron chi connectivity index (χ2n) is 9.50. The number of rotatable bonds is 7. The number of carbonyl (C=O) groups is 3. The Hall–Kier alpha value is -3.86. The molecule has 0 bridgehead atoms. The van der Waals surface area contributed by atoms with Crippen molar-refractivity contribution in [2.24, 2.45) is 0 Å². The van der Waals surface area contributed by atoms with E-state index in [4.69, 9.17) is 4.74 Å². The molecule has 0 saturated heterocycles. The molecule has 0 aliphatic heterocycles. The maximum Gasteiger partial charge on any atom is 0.408 e. The SMILES string of the molecule is Cc1ccccc1NC(=O)C(c1c(C)cccc1C)N(CC#N)C(=O)C(C)NC(=O)OC(C)(C)C. The smallest absolute Gasteiger partial charge is 0.408 e. The molecule has 2 N–H and O–H groups in total. The number of nitrogens with one attached hydrogen (secondary N) is 2. The van der Waals surface area contributed by atoms with Crippen molar-refractivity contribution in [3.63, 3.8) is 0 Å². The van der Waals surface area contributed by atoms with E-state index in [0.717, 1.165) is 16.7 Å². The van der Waals surface area contributed by atoms with Gasteiger partial charge in [0.25, 0.3) is 5.91 Å². The van der Waals surface area contributed by atoms with E-state index in [-0.39, 0.29) is 6.54 Å². The topological polar surface area (TPSA) is 112 Å². The second kappa shape index (κ2) is 11.5. The highest BCUT2D eigenvalue weighted by Crippen LogP contribution is 2.30. The molecule has 3 amide bonds. The predicted octanol–water partition coefficient (Wildman–Crippen LogP) is 4.56. The van der Waals surface area contributed by atoms with Crippen LogP contribution in [0.5, 0.6) is 0 Å². The predicted molar refractivity (Wildman–Crippen MR) is 135 cm³/mol. The Morgan fingerprint density at radius 2 is 1.57 bits per heavy atom. The van der Waals surface area contributed by atoms with Crippen molar-refractivity contribution in [2.75, 3.05) is 11.9 Å². The van der Waals surface area contributed by atoms with Crippen LogP contribution in [0.4, 0.5) is 10.5 Å². The van der Waals surface area contributed by atoms with Crippen molar-refractivity contribution < 1.29 is 19.1 Å². The summed E-state index contributed by atoms with van der Waals surface area (Å²) in [6.07, 6.45) is -0.761. The first-order valence-electron chi connectivity index (χ1n) is 11.4. The van der Waals surface area contributed by atoms with Gasteiger partial charge in [-0.2, -0.15) is 5.26 Å². The summed E-state index contributed by atoms with van der Waals surface area (Å²) < 4.78 is 5.26. The van der Waals surface area contributed by atoms with Crippen LogP contribution in [0.2, 0.25) is 0 Å². The van der Waals surface area contributed by atoms with E-state index in [2.05, 4.69) is 10.6 Å². The van der Waals surface area contributed by atoms with E-state index >= 15 is 0 Å². The van der Waals surface area contributed by atoms with E-state index in [1.165, 1.54) is 11.8 Å². The molecule has 2 unspecified atom stereocenters. The third kappa shape index (κ3) is 7.31. The fraction of sp³-hybridized carbons (Fsp3) is 0.407. The van der Waals surface area contributed by atoms with Gasteiger partial charge in [-0.25, -0.2) is 4.79 Å². The molecule has 8 heteroatoms. The molecule has 0 aliphatic rings. The average molecular weight is 479 g/mol. The number of aryl methyl sites for hydroxylation is 3. The summed E-state index contributed by atoms with van der Waals surface area (Å²) in [6.45, 7) is 11.9. The maximum absolute atomic E-state index is 13.7. The first-order valence-corrected chi connectivity index (χ1v) is 11.4. The number of carbonyl (C=O) groups excluding carboxylic acids is 3. The average Bonchev–Trinajstić information content (AvgIpc) is 2.74. The number of alkyl carbamates (subject to hydrolysis) is 1. The first kappa shape index (κ1) is 27.4. The number of ether oxygens (including phenoxy) is 1. The zero-order valence-corrected chi connectivity index (χ0v) is 21.4. The number of hydrogen-bond acceptors (Lipinski definition) is 5. The summed E-state index contributed by atoms with van der Waals surface area (Å²) in [5, 5.41) is 15.0. The van der Waals surface area contributed by atoms with Gasteiger partial charge in [0.15, 0.2) is 0 Å². The van der Waals surface area contributed by atoms with Crippen molar-refractivity contribution in [2.45, 2.75) is 66.2 Å². The van der Waals surface area contributed by atoms with E-state index in [0.29, 0.717) is 11.3 Å². The molecule has 0 radical (unpaired) electrons. The van der Waals surface area contributed by atoms with Crippen LogP contribution >= 0.6 is 0 Å². The lowest BCUT2D eigenvalue weighted by atomic mass is 9.93.